The molecule has 0 saturated carbocycles. The summed E-state index contributed by atoms with van der Waals surface area (Å²) in [6, 6.07) is 0. The lowest BCUT2D eigenvalue weighted by atomic mass is 9.97. The molecule has 3 heterocycles. The van der Waals surface area contributed by atoms with Crippen LogP contribution in [0.15, 0.2) is 18.7 Å². The average Bonchev–Trinajstić information content (AvgIpc) is 3.10. The Labute approximate surface area is 139 Å². The lowest BCUT2D eigenvalue weighted by Crippen LogP contribution is -2.34. The number of nitrogens with one attached hydrogen (secondary N) is 1. The smallest absolute Gasteiger partial charge is 0.323 e. The maximum absolute atomic E-state index is 10.7. The standard InChI is InChI=1S/C15H21N7O2/c1-21(9-13(23)24)15-16-5-11(6-17-15)7-22-4-2-3-12(8-22)14-18-10-19-20-14/h5-6,10,12H,2-4,7-9H2,1H3,(H,23,24)(H,18,19,20). The van der Waals surface area contributed by atoms with Crippen molar-refractivity contribution in [2.75, 3.05) is 31.6 Å². The second kappa shape index (κ2) is 7.35. The molecular weight excluding hydrogens is 310 g/mol. The van der Waals surface area contributed by atoms with Crippen LogP contribution in [0.4, 0.5) is 5.95 Å². The Morgan fingerprint density at radius 3 is 2.88 bits per heavy atom. The summed E-state index contributed by atoms with van der Waals surface area (Å²) in [6.45, 7) is 2.61. The van der Waals surface area contributed by atoms with Crippen molar-refractivity contribution >= 4 is 11.9 Å². The predicted octanol–water partition coefficient (Wildman–Crippen LogP) is 0.495. The predicted molar refractivity (Wildman–Crippen MR) is 86.6 cm³/mol. The number of H-pyrrole nitrogens is 1. The summed E-state index contributed by atoms with van der Waals surface area (Å²) in [5.41, 5.74) is 1.01. The van der Waals surface area contributed by atoms with Gasteiger partial charge in [0.25, 0.3) is 0 Å². The Kier molecular flexibility index (Phi) is 4.99. The fourth-order valence-corrected chi connectivity index (χ4v) is 2.99. The second-order valence-electron chi connectivity index (χ2n) is 6.09. The summed E-state index contributed by atoms with van der Waals surface area (Å²) in [5.74, 6) is 0.834. The molecule has 1 aliphatic rings. The van der Waals surface area contributed by atoms with Crippen molar-refractivity contribution in [1.29, 1.82) is 0 Å². The van der Waals surface area contributed by atoms with Gasteiger partial charge in [0.2, 0.25) is 5.95 Å². The van der Waals surface area contributed by atoms with E-state index in [0.717, 1.165) is 43.9 Å². The zero-order chi connectivity index (χ0) is 16.9. The largest absolute Gasteiger partial charge is 0.480 e. The summed E-state index contributed by atoms with van der Waals surface area (Å²) in [4.78, 5) is 27.4. The van der Waals surface area contributed by atoms with E-state index in [2.05, 4.69) is 30.0 Å². The van der Waals surface area contributed by atoms with Gasteiger partial charge in [-0.15, -0.1) is 0 Å². The van der Waals surface area contributed by atoms with Crippen LogP contribution in [0.3, 0.4) is 0 Å². The molecule has 1 fully saturated rings. The summed E-state index contributed by atoms with van der Waals surface area (Å²) in [5, 5.41) is 15.7. The highest BCUT2D eigenvalue weighted by molar-refractivity contribution is 5.72. The topological polar surface area (TPSA) is 111 Å². The highest BCUT2D eigenvalue weighted by Gasteiger charge is 2.23. The molecule has 0 spiro atoms. The molecule has 0 aliphatic carbocycles. The van der Waals surface area contributed by atoms with Gasteiger partial charge < -0.3 is 10.0 Å². The molecule has 2 N–H and O–H groups in total. The Hall–Kier alpha value is -2.55. The van der Waals surface area contributed by atoms with Gasteiger partial charge in [0, 0.05) is 44.0 Å². The number of aromatic amines is 1. The third-order valence-electron chi connectivity index (χ3n) is 4.14. The first kappa shape index (κ1) is 16.3. The maximum atomic E-state index is 10.7. The molecule has 3 rings (SSSR count). The fourth-order valence-electron chi connectivity index (χ4n) is 2.99. The van der Waals surface area contributed by atoms with Crippen LogP contribution in [0.5, 0.6) is 0 Å². The lowest BCUT2D eigenvalue weighted by molar-refractivity contribution is -0.135. The van der Waals surface area contributed by atoms with Crippen LogP contribution in [-0.4, -0.2) is 67.8 Å². The molecule has 1 unspecified atom stereocenters. The number of likely N-dealkylation sites (tertiary alicyclic amines) is 1. The molecule has 0 aromatic carbocycles. The number of carbonyl (C=O) groups is 1. The van der Waals surface area contributed by atoms with Gasteiger partial charge in [0.1, 0.15) is 18.7 Å². The molecule has 128 valence electrons. The van der Waals surface area contributed by atoms with Crippen molar-refractivity contribution in [3.8, 4) is 0 Å². The average molecular weight is 331 g/mol. The van der Waals surface area contributed by atoms with Crippen molar-refractivity contribution < 1.29 is 9.90 Å². The maximum Gasteiger partial charge on any atom is 0.323 e. The van der Waals surface area contributed by atoms with E-state index < -0.39 is 5.97 Å². The number of rotatable bonds is 6. The van der Waals surface area contributed by atoms with Crippen LogP contribution < -0.4 is 4.90 Å². The minimum Gasteiger partial charge on any atom is -0.480 e. The summed E-state index contributed by atoms with van der Waals surface area (Å²) >= 11 is 0. The number of anilines is 1. The van der Waals surface area contributed by atoms with E-state index in [-0.39, 0.29) is 6.54 Å². The van der Waals surface area contributed by atoms with Crippen molar-refractivity contribution in [2.24, 2.45) is 0 Å². The van der Waals surface area contributed by atoms with Gasteiger partial charge in [-0.3, -0.25) is 14.8 Å². The molecule has 9 nitrogen and oxygen atoms in total. The SMILES string of the molecule is CN(CC(=O)O)c1ncc(CN2CCCC(c3ncn[nH]3)C2)cn1. The number of likely N-dealkylation sites (N-methyl/N-ethyl adjacent to an activating group) is 1. The summed E-state index contributed by atoms with van der Waals surface area (Å²) < 4.78 is 0. The van der Waals surface area contributed by atoms with Gasteiger partial charge in [-0.05, 0) is 19.4 Å². The van der Waals surface area contributed by atoms with E-state index in [1.807, 2.05) is 0 Å². The molecule has 0 radical (unpaired) electrons. The van der Waals surface area contributed by atoms with Crippen LogP contribution in [0.2, 0.25) is 0 Å². The first-order valence-electron chi connectivity index (χ1n) is 7.93. The number of hydrogen-bond donors (Lipinski definition) is 2. The number of carboxylic acids is 1. The molecular formula is C15H21N7O2. The van der Waals surface area contributed by atoms with E-state index in [0.29, 0.717) is 11.9 Å². The van der Waals surface area contributed by atoms with E-state index in [4.69, 9.17) is 5.11 Å². The fraction of sp³-hybridized carbons (Fsp3) is 0.533. The highest BCUT2D eigenvalue weighted by Crippen LogP contribution is 2.24. The number of carboxylic acid groups (broad SMARTS) is 1. The summed E-state index contributed by atoms with van der Waals surface area (Å²) in [6.07, 6.45) is 7.30. The molecule has 1 saturated heterocycles. The number of piperidine rings is 1. The van der Waals surface area contributed by atoms with Gasteiger partial charge in [-0.1, -0.05) is 0 Å². The van der Waals surface area contributed by atoms with Crippen LogP contribution in [-0.2, 0) is 11.3 Å². The third-order valence-corrected chi connectivity index (χ3v) is 4.14. The molecule has 24 heavy (non-hydrogen) atoms. The first-order chi connectivity index (χ1) is 11.6. The molecule has 0 amide bonds. The van der Waals surface area contributed by atoms with Crippen molar-refractivity contribution in [3.63, 3.8) is 0 Å². The van der Waals surface area contributed by atoms with Crippen LogP contribution in [0.25, 0.3) is 0 Å². The lowest BCUT2D eigenvalue weighted by Gasteiger charge is -2.31. The zero-order valence-electron chi connectivity index (χ0n) is 13.6. The van der Waals surface area contributed by atoms with E-state index in [9.17, 15) is 4.79 Å². The Balaban J connectivity index is 1.58. The quantitative estimate of drug-likeness (QED) is 0.787. The van der Waals surface area contributed by atoms with Crippen LogP contribution in [0.1, 0.15) is 30.1 Å². The molecule has 2 aromatic rings. The number of aromatic nitrogens is 5. The number of nitrogens with zero attached hydrogens (tertiary/aromatic N) is 6. The van der Waals surface area contributed by atoms with Gasteiger partial charge in [-0.25, -0.2) is 15.0 Å². The Bertz CT molecular complexity index is 659. The van der Waals surface area contributed by atoms with Gasteiger partial charge in [0.05, 0.1) is 0 Å². The minimum atomic E-state index is -0.906. The number of aliphatic carboxylic acids is 1. The molecule has 1 aliphatic heterocycles. The van der Waals surface area contributed by atoms with Gasteiger partial charge in [0.15, 0.2) is 0 Å². The van der Waals surface area contributed by atoms with Crippen molar-refractivity contribution in [2.45, 2.75) is 25.3 Å². The van der Waals surface area contributed by atoms with Gasteiger partial charge >= 0.3 is 5.97 Å². The van der Waals surface area contributed by atoms with Gasteiger partial charge in [-0.2, -0.15) is 5.10 Å². The first-order valence-corrected chi connectivity index (χ1v) is 7.93. The monoisotopic (exact) mass is 331 g/mol. The second-order valence-corrected chi connectivity index (χ2v) is 6.09. The van der Waals surface area contributed by atoms with Crippen molar-refractivity contribution in [3.05, 3.63) is 30.1 Å². The normalized spacial score (nSPS) is 18.5. The highest BCUT2D eigenvalue weighted by atomic mass is 16.4. The molecule has 2 aromatic heterocycles. The minimum absolute atomic E-state index is 0.121. The third kappa shape index (κ3) is 4.05. The number of hydrogen-bond acceptors (Lipinski definition) is 7. The Morgan fingerprint density at radius 1 is 1.42 bits per heavy atom. The molecule has 9 heteroatoms. The zero-order valence-corrected chi connectivity index (χ0v) is 13.6. The van der Waals surface area contributed by atoms with E-state index in [1.54, 1.807) is 25.8 Å². The van der Waals surface area contributed by atoms with E-state index in [1.165, 1.54) is 4.90 Å². The van der Waals surface area contributed by atoms with Crippen molar-refractivity contribution in [1.82, 2.24) is 30.0 Å². The molecule has 0 bridgehead atoms. The van der Waals surface area contributed by atoms with Crippen LogP contribution in [0, 0.1) is 0 Å². The van der Waals surface area contributed by atoms with Crippen LogP contribution >= 0.6 is 0 Å². The molecule has 1 atom stereocenters. The summed E-state index contributed by atoms with van der Waals surface area (Å²) in [7, 11) is 1.66. The van der Waals surface area contributed by atoms with E-state index >= 15 is 0 Å². The Morgan fingerprint density at radius 2 is 2.21 bits per heavy atom.